The van der Waals surface area contributed by atoms with E-state index in [-0.39, 0.29) is 22.7 Å². The molecule has 0 atom stereocenters. The minimum atomic E-state index is -0.650. The van der Waals surface area contributed by atoms with Crippen LogP contribution >= 0.6 is 0 Å². The number of nitrogens with zero attached hydrogens (tertiary/aromatic N) is 1. The summed E-state index contributed by atoms with van der Waals surface area (Å²) in [5, 5.41) is 11.4. The average Bonchev–Trinajstić information content (AvgIpc) is 2.75. The topological polar surface area (TPSA) is 106 Å². The standard InChI is InChI=1S/C20H21NO8/c1-25-16-10-13(14(21(23)24)11-17(16)26-2)15(22)7-6-12-8-18(27-3)20(29-5)19(9-12)28-4/h6-11H,1-5H3/b7-6+. The number of allylic oxidation sites excluding steroid dienone is 1. The van der Waals surface area contributed by atoms with Crippen molar-refractivity contribution in [2.45, 2.75) is 0 Å². The number of carbonyl (C=O) groups is 1. The van der Waals surface area contributed by atoms with Crippen LogP contribution in [0.4, 0.5) is 5.69 Å². The van der Waals surface area contributed by atoms with E-state index in [1.165, 1.54) is 53.8 Å². The van der Waals surface area contributed by atoms with Crippen molar-refractivity contribution < 1.29 is 33.4 Å². The normalized spacial score (nSPS) is 10.5. The van der Waals surface area contributed by atoms with E-state index in [1.807, 2.05) is 0 Å². The summed E-state index contributed by atoms with van der Waals surface area (Å²) in [4.78, 5) is 23.4. The molecule has 0 spiro atoms. The molecule has 9 heteroatoms. The van der Waals surface area contributed by atoms with Gasteiger partial charge < -0.3 is 23.7 Å². The van der Waals surface area contributed by atoms with Gasteiger partial charge in [0, 0.05) is 6.07 Å². The van der Waals surface area contributed by atoms with Crippen molar-refractivity contribution in [2.24, 2.45) is 0 Å². The average molecular weight is 403 g/mol. The number of benzene rings is 2. The molecule has 0 aliphatic rings. The first-order valence-corrected chi connectivity index (χ1v) is 8.32. The van der Waals surface area contributed by atoms with E-state index in [0.29, 0.717) is 22.8 Å². The van der Waals surface area contributed by atoms with E-state index in [0.717, 1.165) is 6.07 Å². The summed E-state index contributed by atoms with van der Waals surface area (Å²) in [7, 11) is 7.17. The number of ketones is 1. The Bertz CT molecular complexity index is 927. The molecule has 2 aromatic rings. The molecule has 0 fully saturated rings. The van der Waals surface area contributed by atoms with E-state index in [1.54, 1.807) is 12.1 Å². The molecular weight excluding hydrogens is 382 g/mol. The lowest BCUT2D eigenvalue weighted by Crippen LogP contribution is -2.03. The third-order valence-corrected chi connectivity index (χ3v) is 4.08. The molecule has 2 aromatic carbocycles. The monoisotopic (exact) mass is 403 g/mol. The molecular formula is C20H21NO8. The van der Waals surface area contributed by atoms with Gasteiger partial charge >= 0.3 is 0 Å². The summed E-state index contributed by atoms with van der Waals surface area (Å²) in [5.41, 5.74) is 0.0644. The molecule has 0 aliphatic carbocycles. The number of hydrogen-bond acceptors (Lipinski definition) is 8. The Hall–Kier alpha value is -3.75. The molecule has 0 N–H and O–H groups in total. The van der Waals surface area contributed by atoms with Crippen LogP contribution in [0, 0.1) is 10.1 Å². The lowest BCUT2D eigenvalue weighted by Gasteiger charge is -2.12. The van der Waals surface area contributed by atoms with Gasteiger partial charge in [-0.3, -0.25) is 14.9 Å². The highest BCUT2D eigenvalue weighted by Crippen LogP contribution is 2.39. The Morgan fingerprint density at radius 1 is 0.828 bits per heavy atom. The minimum absolute atomic E-state index is 0.128. The molecule has 0 radical (unpaired) electrons. The fourth-order valence-electron chi connectivity index (χ4n) is 2.68. The molecule has 0 bridgehead atoms. The number of hydrogen-bond donors (Lipinski definition) is 0. The Labute approximate surface area is 167 Å². The maximum atomic E-state index is 12.7. The zero-order chi connectivity index (χ0) is 21.6. The molecule has 0 heterocycles. The van der Waals surface area contributed by atoms with Crippen LogP contribution in [0.2, 0.25) is 0 Å². The fourth-order valence-corrected chi connectivity index (χ4v) is 2.68. The summed E-state index contributed by atoms with van der Waals surface area (Å²) < 4.78 is 26.0. The van der Waals surface area contributed by atoms with Gasteiger partial charge in [-0.1, -0.05) is 6.08 Å². The highest BCUT2D eigenvalue weighted by molar-refractivity contribution is 6.10. The van der Waals surface area contributed by atoms with E-state index in [4.69, 9.17) is 23.7 Å². The first-order valence-electron chi connectivity index (χ1n) is 8.32. The molecule has 29 heavy (non-hydrogen) atoms. The van der Waals surface area contributed by atoms with Crippen molar-refractivity contribution in [1.29, 1.82) is 0 Å². The highest BCUT2D eigenvalue weighted by atomic mass is 16.6. The van der Waals surface area contributed by atoms with Crippen LogP contribution in [0.1, 0.15) is 15.9 Å². The van der Waals surface area contributed by atoms with Crippen molar-refractivity contribution in [3.63, 3.8) is 0 Å². The SMILES string of the molecule is COc1cc(C(=O)/C=C/c2cc(OC)c(OC)c(OC)c2)c([N+](=O)[O-])cc1OC. The van der Waals surface area contributed by atoms with Crippen LogP contribution in [-0.4, -0.2) is 46.3 Å². The summed E-state index contributed by atoms with van der Waals surface area (Å²) in [5.74, 6) is 1.03. The number of carbonyl (C=O) groups excluding carboxylic acids is 1. The smallest absolute Gasteiger partial charge is 0.284 e. The summed E-state index contributed by atoms with van der Waals surface area (Å²) in [6, 6.07) is 5.72. The predicted molar refractivity (Wildman–Crippen MR) is 106 cm³/mol. The maximum Gasteiger partial charge on any atom is 0.284 e. The predicted octanol–water partition coefficient (Wildman–Crippen LogP) is 3.53. The van der Waals surface area contributed by atoms with Crippen LogP contribution in [0.15, 0.2) is 30.3 Å². The van der Waals surface area contributed by atoms with Gasteiger partial charge in [-0.15, -0.1) is 0 Å². The van der Waals surface area contributed by atoms with Crippen LogP contribution in [0.5, 0.6) is 28.7 Å². The van der Waals surface area contributed by atoms with Crippen molar-refractivity contribution in [2.75, 3.05) is 35.5 Å². The first kappa shape index (κ1) is 21.5. The molecule has 0 saturated heterocycles. The third-order valence-electron chi connectivity index (χ3n) is 4.08. The second kappa shape index (κ2) is 9.45. The zero-order valence-electron chi connectivity index (χ0n) is 16.7. The molecule has 0 aliphatic heterocycles. The number of methoxy groups -OCH3 is 5. The molecule has 2 rings (SSSR count). The van der Waals surface area contributed by atoms with Gasteiger partial charge in [-0.25, -0.2) is 0 Å². The molecule has 0 unspecified atom stereocenters. The van der Waals surface area contributed by atoms with Gasteiger partial charge in [0.25, 0.3) is 5.69 Å². The summed E-state index contributed by atoms with van der Waals surface area (Å²) in [6.45, 7) is 0. The molecule has 154 valence electrons. The fraction of sp³-hybridized carbons (Fsp3) is 0.250. The van der Waals surface area contributed by atoms with Gasteiger partial charge in [0.2, 0.25) is 5.75 Å². The van der Waals surface area contributed by atoms with Gasteiger partial charge in [-0.2, -0.15) is 0 Å². The lowest BCUT2D eigenvalue weighted by molar-refractivity contribution is -0.385. The Kier molecular flexibility index (Phi) is 7.02. The van der Waals surface area contributed by atoms with Crippen LogP contribution in [0.3, 0.4) is 0 Å². The van der Waals surface area contributed by atoms with Gasteiger partial charge in [0.1, 0.15) is 5.56 Å². The lowest BCUT2D eigenvalue weighted by atomic mass is 10.1. The highest BCUT2D eigenvalue weighted by Gasteiger charge is 2.23. The van der Waals surface area contributed by atoms with Crippen molar-refractivity contribution in [3.05, 3.63) is 51.6 Å². The molecule has 0 saturated carbocycles. The minimum Gasteiger partial charge on any atom is -0.493 e. The van der Waals surface area contributed by atoms with Crippen molar-refractivity contribution in [1.82, 2.24) is 0 Å². The molecule has 0 amide bonds. The van der Waals surface area contributed by atoms with E-state index >= 15 is 0 Å². The second-order valence-electron chi connectivity index (χ2n) is 5.64. The summed E-state index contributed by atoms with van der Waals surface area (Å²) in [6.07, 6.45) is 2.71. The first-order chi connectivity index (χ1) is 13.9. The largest absolute Gasteiger partial charge is 0.493 e. The Balaban J connectivity index is 2.47. The van der Waals surface area contributed by atoms with Gasteiger partial charge in [0.15, 0.2) is 28.8 Å². The number of ether oxygens (including phenoxy) is 5. The van der Waals surface area contributed by atoms with Crippen LogP contribution < -0.4 is 23.7 Å². The third kappa shape index (κ3) is 4.57. The number of rotatable bonds is 9. The quantitative estimate of drug-likeness (QED) is 0.271. The van der Waals surface area contributed by atoms with E-state index in [9.17, 15) is 14.9 Å². The molecule has 9 nitrogen and oxygen atoms in total. The number of nitro groups is 1. The number of nitro benzene ring substituents is 1. The van der Waals surface area contributed by atoms with E-state index in [2.05, 4.69) is 0 Å². The Morgan fingerprint density at radius 3 is 1.79 bits per heavy atom. The Morgan fingerprint density at radius 2 is 1.34 bits per heavy atom. The van der Waals surface area contributed by atoms with Crippen molar-refractivity contribution >= 4 is 17.5 Å². The zero-order valence-corrected chi connectivity index (χ0v) is 16.7. The van der Waals surface area contributed by atoms with Gasteiger partial charge in [-0.05, 0) is 23.8 Å². The van der Waals surface area contributed by atoms with Crippen molar-refractivity contribution in [3.8, 4) is 28.7 Å². The molecule has 0 aromatic heterocycles. The van der Waals surface area contributed by atoms with Crippen LogP contribution in [0.25, 0.3) is 6.08 Å². The van der Waals surface area contributed by atoms with E-state index < -0.39 is 10.7 Å². The summed E-state index contributed by atoms with van der Waals surface area (Å²) >= 11 is 0. The van der Waals surface area contributed by atoms with Crippen LogP contribution in [-0.2, 0) is 0 Å². The maximum absolute atomic E-state index is 12.7. The van der Waals surface area contributed by atoms with Gasteiger partial charge in [0.05, 0.1) is 46.5 Å². The second-order valence-corrected chi connectivity index (χ2v) is 5.64.